The van der Waals surface area contributed by atoms with Gasteiger partial charge in [0, 0.05) is 26.4 Å². The lowest BCUT2D eigenvalue weighted by Gasteiger charge is -1.75. The predicted molar refractivity (Wildman–Crippen MR) is 96.0 cm³/mol. The van der Waals surface area contributed by atoms with Crippen LogP contribution in [-0.4, -0.2) is 26.4 Å². The Morgan fingerprint density at radius 3 is 0.333 bits per heavy atom. The van der Waals surface area contributed by atoms with Crippen molar-refractivity contribution in [3.8, 4) is 0 Å². The maximum atomic E-state index is 2.31. The lowest BCUT2D eigenvalue weighted by atomic mass is 11.8. The van der Waals surface area contributed by atoms with Crippen molar-refractivity contribution in [2.24, 2.45) is 0 Å². The van der Waals surface area contributed by atoms with Gasteiger partial charge in [0.15, 0.2) is 0 Å². The van der Waals surface area contributed by atoms with Crippen molar-refractivity contribution in [1.82, 2.24) is 0 Å². The summed E-state index contributed by atoms with van der Waals surface area (Å²) in [6, 6.07) is 0. The Labute approximate surface area is 122 Å². The van der Waals surface area contributed by atoms with Crippen LogP contribution in [0.4, 0.5) is 0 Å². The van der Waals surface area contributed by atoms with Crippen molar-refractivity contribution in [1.29, 1.82) is 0 Å². The van der Waals surface area contributed by atoms with Crippen molar-refractivity contribution in [2.45, 2.75) is 58.9 Å². The number of halogens is 3. The molecule has 102 valence electrons. The molecule has 0 saturated heterocycles. The molecule has 0 heterocycles. The Bertz CT molecular complexity index is 49.1. The van der Waals surface area contributed by atoms with Gasteiger partial charge in [-0.1, -0.05) is 58.9 Å². The van der Waals surface area contributed by atoms with Gasteiger partial charge in [-0.2, -0.15) is 0 Å². The molecule has 0 fully saturated rings. The lowest BCUT2D eigenvalue weighted by Crippen LogP contribution is -1.84. The third-order valence-corrected chi connectivity index (χ3v) is 0. The zero-order valence-electron chi connectivity index (χ0n) is 12.0. The third kappa shape index (κ3) is 1230. The van der Waals surface area contributed by atoms with Gasteiger partial charge in [0.1, 0.15) is 0 Å². The minimum atomic E-state index is -0.139. The summed E-state index contributed by atoms with van der Waals surface area (Å²) in [6.45, 7) is 20.8. The highest BCUT2D eigenvalue weighted by molar-refractivity contribution is 6.54. The van der Waals surface area contributed by atoms with Crippen molar-refractivity contribution in [3.63, 3.8) is 0 Å². The summed E-state index contributed by atoms with van der Waals surface area (Å²) in [5.41, 5.74) is 0. The fraction of sp³-hybridized carbons (Fsp3) is 1.00. The van der Waals surface area contributed by atoms with Gasteiger partial charge in [0.25, 0.3) is 0 Å². The molecular weight excluding hydrogens is 299 g/mol. The molecule has 0 N–H and O–H groups in total. The molecule has 0 aliphatic heterocycles. The van der Waals surface area contributed by atoms with Gasteiger partial charge < -0.3 is 0 Å². The molecule has 0 aromatic heterocycles. The summed E-state index contributed by atoms with van der Waals surface area (Å²) in [5, 5.41) is 0. The molecule has 15 heavy (non-hydrogen) atoms. The second-order valence-corrected chi connectivity index (χ2v) is 15.6. The quantitative estimate of drug-likeness (QED) is 0.570. The zero-order valence-corrected chi connectivity index (χ0v) is 17.9. The standard InChI is InChI=1S/3C3H10Si.3ClH/c3*1-4(2)3;;;/h3*4H,1-3H3;3*1H. The molecule has 0 rings (SSSR count). The predicted octanol–water partition coefficient (Wildman–Crippen LogP) is 4.57. The summed E-state index contributed by atoms with van der Waals surface area (Å²) in [5.74, 6) is 0. The fourth-order valence-electron chi connectivity index (χ4n) is 0. The van der Waals surface area contributed by atoms with E-state index in [0.717, 1.165) is 0 Å². The first-order chi connectivity index (χ1) is 5.20. The molecule has 0 spiro atoms. The van der Waals surface area contributed by atoms with E-state index in [4.69, 9.17) is 0 Å². The van der Waals surface area contributed by atoms with Crippen LogP contribution in [0.15, 0.2) is 0 Å². The van der Waals surface area contributed by atoms with Crippen LogP contribution in [0.25, 0.3) is 0 Å². The Morgan fingerprint density at radius 1 is 0.333 bits per heavy atom. The largest absolute Gasteiger partial charge is 0.147 e. The highest BCUT2D eigenvalue weighted by Gasteiger charge is 1.72. The monoisotopic (exact) mass is 330 g/mol. The van der Waals surface area contributed by atoms with Crippen molar-refractivity contribution in [2.75, 3.05) is 0 Å². The third-order valence-electron chi connectivity index (χ3n) is 0. The fourth-order valence-corrected chi connectivity index (χ4v) is 0. The van der Waals surface area contributed by atoms with Crippen molar-refractivity contribution in [3.05, 3.63) is 0 Å². The van der Waals surface area contributed by atoms with E-state index in [9.17, 15) is 0 Å². The number of hydrogen-bond acceptors (Lipinski definition) is 0. The van der Waals surface area contributed by atoms with E-state index in [1.54, 1.807) is 0 Å². The summed E-state index contributed by atoms with van der Waals surface area (Å²) in [4.78, 5) is 0. The number of rotatable bonds is 0. The summed E-state index contributed by atoms with van der Waals surface area (Å²) >= 11 is 0. The molecule has 0 unspecified atom stereocenters. The van der Waals surface area contributed by atoms with Crippen LogP contribution in [0.5, 0.6) is 0 Å². The molecule has 0 radical (unpaired) electrons. The molecular formula is C9H33Cl3Si3. The van der Waals surface area contributed by atoms with E-state index >= 15 is 0 Å². The first-order valence-corrected chi connectivity index (χ1v) is 15.6. The average molecular weight is 332 g/mol. The summed E-state index contributed by atoms with van der Waals surface area (Å²) in [6.07, 6.45) is 0. The Hall–Kier alpha value is 1.52. The molecule has 0 saturated carbocycles. The van der Waals surface area contributed by atoms with E-state index in [-0.39, 0.29) is 63.6 Å². The van der Waals surface area contributed by atoms with Gasteiger partial charge in [-0.15, -0.1) is 37.2 Å². The molecule has 0 amide bonds. The smallest absolute Gasteiger partial charge is 0.0274 e. The topological polar surface area (TPSA) is 0 Å². The minimum absolute atomic E-state index is 0. The van der Waals surface area contributed by atoms with Crippen LogP contribution in [0.1, 0.15) is 0 Å². The molecule has 0 aromatic carbocycles. The Morgan fingerprint density at radius 2 is 0.333 bits per heavy atom. The van der Waals surface area contributed by atoms with E-state index in [2.05, 4.69) is 58.9 Å². The van der Waals surface area contributed by atoms with Crippen LogP contribution in [0.2, 0.25) is 58.9 Å². The SMILES string of the molecule is C[SiH](C)C.C[SiH](C)C.C[SiH](C)C.Cl.Cl.Cl. The maximum absolute atomic E-state index is 2.31. The molecule has 0 nitrogen and oxygen atoms in total. The normalized spacial score (nSPS) is 7.20. The number of hydrogen-bond donors (Lipinski definition) is 0. The Balaban J connectivity index is -0.0000000184. The molecule has 0 aliphatic rings. The van der Waals surface area contributed by atoms with Crippen molar-refractivity contribution >= 4 is 63.6 Å². The zero-order chi connectivity index (χ0) is 10.7. The summed E-state index contributed by atoms with van der Waals surface area (Å²) < 4.78 is 0. The van der Waals surface area contributed by atoms with Crippen LogP contribution < -0.4 is 0 Å². The van der Waals surface area contributed by atoms with Crippen LogP contribution >= 0.6 is 37.2 Å². The van der Waals surface area contributed by atoms with E-state index < -0.39 is 0 Å². The first-order valence-electron chi connectivity index (χ1n) is 5.20. The second-order valence-electron chi connectivity index (χ2n) is 5.20. The molecule has 0 aromatic rings. The molecule has 6 heteroatoms. The van der Waals surface area contributed by atoms with E-state index in [1.165, 1.54) is 0 Å². The summed E-state index contributed by atoms with van der Waals surface area (Å²) in [7, 11) is -0.417. The van der Waals surface area contributed by atoms with Crippen LogP contribution in [-0.2, 0) is 0 Å². The Kier molecular flexibility index (Phi) is 70.9. The minimum Gasteiger partial charge on any atom is -0.147 e. The van der Waals surface area contributed by atoms with E-state index in [0.29, 0.717) is 0 Å². The maximum Gasteiger partial charge on any atom is 0.0274 e. The molecule has 0 atom stereocenters. The average Bonchev–Trinajstić information content (AvgIpc) is 1.54. The van der Waals surface area contributed by atoms with Gasteiger partial charge in [0.05, 0.1) is 0 Å². The van der Waals surface area contributed by atoms with Gasteiger partial charge in [-0.05, 0) is 0 Å². The molecule has 0 aliphatic carbocycles. The van der Waals surface area contributed by atoms with Gasteiger partial charge in [-0.25, -0.2) is 0 Å². The van der Waals surface area contributed by atoms with Gasteiger partial charge in [0.2, 0.25) is 0 Å². The first kappa shape index (κ1) is 36.0. The van der Waals surface area contributed by atoms with Crippen molar-refractivity contribution < 1.29 is 0 Å². The second kappa shape index (κ2) is 29.6. The highest BCUT2D eigenvalue weighted by atomic mass is 35.5. The van der Waals surface area contributed by atoms with Crippen LogP contribution in [0, 0.1) is 0 Å². The molecule has 0 bridgehead atoms. The van der Waals surface area contributed by atoms with Crippen LogP contribution in [0.3, 0.4) is 0 Å². The highest BCUT2D eigenvalue weighted by Crippen LogP contribution is 1.68. The van der Waals surface area contributed by atoms with Gasteiger partial charge >= 0.3 is 0 Å². The lowest BCUT2D eigenvalue weighted by molar-refractivity contribution is 1.91. The van der Waals surface area contributed by atoms with Gasteiger partial charge in [-0.3, -0.25) is 0 Å². The van der Waals surface area contributed by atoms with E-state index in [1.807, 2.05) is 0 Å².